The topological polar surface area (TPSA) is 35.5 Å². The standard InChI is InChI=1S/C28H40O3/c1-5-7-8-9-10-11-14-22-31-27-19-13-12-18-26(27)21-20-24(3)16-15-17-25(4)23-28(29)30-6-2/h12-13,15-21,23H,5-11,14,22H2,1-4H3/b17-15+,21-20+,24-16+,25-23-. The number of hydrogen-bond acceptors (Lipinski definition) is 3. The van der Waals surface area contributed by atoms with Gasteiger partial charge in [0.25, 0.3) is 0 Å². The zero-order valence-corrected chi connectivity index (χ0v) is 19.9. The van der Waals surface area contributed by atoms with Crippen LogP contribution in [0.15, 0.2) is 65.8 Å². The molecule has 3 heteroatoms. The van der Waals surface area contributed by atoms with E-state index in [1.165, 1.54) is 44.6 Å². The van der Waals surface area contributed by atoms with Gasteiger partial charge >= 0.3 is 5.97 Å². The number of allylic oxidation sites excluding steroid dienone is 6. The summed E-state index contributed by atoms with van der Waals surface area (Å²) in [4.78, 5) is 11.4. The van der Waals surface area contributed by atoms with Crippen LogP contribution < -0.4 is 4.74 Å². The van der Waals surface area contributed by atoms with Crippen LogP contribution in [0.5, 0.6) is 5.75 Å². The van der Waals surface area contributed by atoms with Gasteiger partial charge < -0.3 is 9.47 Å². The average molecular weight is 425 g/mol. The van der Waals surface area contributed by atoms with Crippen molar-refractivity contribution < 1.29 is 14.3 Å². The first-order valence-electron chi connectivity index (χ1n) is 11.7. The smallest absolute Gasteiger partial charge is 0.330 e. The Kier molecular flexibility index (Phi) is 14.7. The molecule has 0 fully saturated rings. The Morgan fingerprint density at radius 1 is 0.903 bits per heavy atom. The minimum atomic E-state index is -0.307. The van der Waals surface area contributed by atoms with Crippen molar-refractivity contribution in [2.45, 2.75) is 72.6 Å². The second kappa shape index (κ2) is 17.2. The van der Waals surface area contributed by atoms with E-state index in [0.29, 0.717) is 6.61 Å². The summed E-state index contributed by atoms with van der Waals surface area (Å²) >= 11 is 0. The Balaban J connectivity index is 2.51. The molecule has 1 rings (SSSR count). The Hall–Kier alpha value is -2.55. The summed E-state index contributed by atoms with van der Waals surface area (Å²) in [5.74, 6) is 0.625. The number of benzene rings is 1. The Morgan fingerprint density at radius 2 is 1.61 bits per heavy atom. The lowest BCUT2D eigenvalue weighted by Gasteiger charge is -2.09. The molecule has 0 atom stereocenters. The van der Waals surface area contributed by atoms with Crippen molar-refractivity contribution in [2.75, 3.05) is 13.2 Å². The summed E-state index contributed by atoms with van der Waals surface area (Å²) in [5, 5.41) is 0. The van der Waals surface area contributed by atoms with E-state index in [9.17, 15) is 4.79 Å². The Morgan fingerprint density at radius 3 is 2.35 bits per heavy atom. The highest BCUT2D eigenvalue weighted by molar-refractivity contribution is 5.83. The van der Waals surface area contributed by atoms with Crippen molar-refractivity contribution in [3.8, 4) is 5.75 Å². The van der Waals surface area contributed by atoms with Crippen LogP contribution in [0, 0.1) is 0 Å². The second-order valence-electron chi connectivity index (χ2n) is 7.75. The molecule has 3 nitrogen and oxygen atoms in total. The van der Waals surface area contributed by atoms with Gasteiger partial charge in [-0.3, -0.25) is 0 Å². The predicted octanol–water partition coefficient (Wildman–Crippen LogP) is 7.84. The minimum absolute atomic E-state index is 0.307. The van der Waals surface area contributed by atoms with Gasteiger partial charge in [0.15, 0.2) is 0 Å². The summed E-state index contributed by atoms with van der Waals surface area (Å²) in [6.45, 7) is 9.13. The van der Waals surface area contributed by atoms with Gasteiger partial charge in [-0.2, -0.15) is 0 Å². The molecular weight excluding hydrogens is 384 g/mol. The van der Waals surface area contributed by atoms with E-state index in [-0.39, 0.29) is 5.97 Å². The molecule has 170 valence electrons. The monoisotopic (exact) mass is 424 g/mol. The van der Waals surface area contributed by atoms with E-state index in [1.54, 1.807) is 6.92 Å². The van der Waals surface area contributed by atoms with Crippen molar-refractivity contribution in [1.29, 1.82) is 0 Å². The molecule has 1 aromatic rings. The highest BCUT2D eigenvalue weighted by Crippen LogP contribution is 2.21. The molecule has 0 amide bonds. The van der Waals surface area contributed by atoms with Crippen molar-refractivity contribution in [1.82, 2.24) is 0 Å². The van der Waals surface area contributed by atoms with E-state index < -0.39 is 0 Å². The molecule has 0 heterocycles. The maximum atomic E-state index is 11.4. The highest BCUT2D eigenvalue weighted by Gasteiger charge is 2.00. The molecule has 0 saturated heterocycles. The molecule has 0 aliphatic rings. The molecule has 0 unspecified atom stereocenters. The molecule has 0 saturated carbocycles. The van der Waals surface area contributed by atoms with Crippen LogP contribution in [0.25, 0.3) is 6.08 Å². The summed E-state index contributed by atoms with van der Waals surface area (Å²) in [5.41, 5.74) is 3.05. The van der Waals surface area contributed by atoms with Gasteiger partial charge in [0.2, 0.25) is 0 Å². The highest BCUT2D eigenvalue weighted by atomic mass is 16.5. The van der Waals surface area contributed by atoms with E-state index in [2.05, 4.69) is 25.1 Å². The first-order chi connectivity index (χ1) is 15.1. The lowest BCUT2D eigenvalue weighted by atomic mass is 10.1. The fourth-order valence-corrected chi connectivity index (χ4v) is 3.04. The van der Waals surface area contributed by atoms with Crippen molar-refractivity contribution in [3.63, 3.8) is 0 Å². The zero-order valence-electron chi connectivity index (χ0n) is 19.9. The van der Waals surface area contributed by atoms with E-state index in [0.717, 1.165) is 35.5 Å². The van der Waals surface area contributed by atoms with Gasteiger partial charge in [-0.1, -0.05) is 99.6 Å². The predicted molar refractivity (Wildman–Crippen MR) is 132 cm³/mol. The van der Waals surface area contributed by atoms with Crippen LogP contribution in [-0.2, 0) is 9.53 Å². The average Bonchev–Trinajstić information content (AvgIpc) is 2.75. The van der Waals surface area contributed by atoms with Crippen molar-refractivity contribution in [3.05, 3.63) is 71.4 Å². The maximum absolute atomic E-state index is 11.4. The molecular formula is C28H40O3. The summed E-state index contributed by atoms with van der Waals surface area (Å²) in [7, 11) is 0. The van der Waals surface area contributed by atoms with Crippen LogP contribution in [-0.4, -0.2) is 19.2 Å². The molecule has 31 heavy (non-hydrogen) atoms. The van der Waals surface area contributed by atoms with Crippen LogP contribution in [0.1, 0.15) is 78.2 Å². The largest absolute Gasteiger partial charge is 0.493 e. The lowest BCUT2D eigenvalue weighted by Crippen LogP contribution is -1.99. The van der Waals surface area contributed by atoms with Crippen LogP contribution >= 0.6 is 0 Å². The van der Waals surface area contributed by atoms with Crippen LogP contribution in [0.2, 0.25) is 0 Å². The van der Waals surface area contributed by atoms with Crippen LogP contribution in [0.3, 0.4) is 0 Å². The molecule has 0 aliphatic carbocycles. The number of esters is 1. The normalized spacial score (nSPS) is 12.6. The van der Waals surface area contributed by atoms with Gasteiger partial charge in [0, 0.05) is 11.6 Å². The maximum Gasteiger partial charge on any atom is 0.330 e. The van der Waals surface area contributed by atoms with E-state index in [1.807, 2.05) is 50.3 Å². The number of para-hydroxylation sites is 1. The number of hydrogen-bond donors (Lipinski definition) is 0. The number of unbranched alkanes of at least 4 members (excludes halogenated alkanes) is 6. The van der Waals surface area contributed by atoms with Gasteiger partial charge in [-0.25, -0.2) is 4.79 Å². The molecule has 0 radical (unpaired) electrons. The first kappa shape index (κ1) is 26.5. The van der Waals surface area contributed by atoms with E-state index in [4.69, 9.17) is 9.47 Å². The Bertz CT molecular complexity index is 753. The molecule has 0 aliphatic heterocycles. The molecule has 0 spiro atoms. The zero-order chi connectivity index (χ0) is 22.7. The Labute approximate surface area is 189 Å². The third kappa shape index (κ3) is 13.4. The number of carbonyl (C=O) groups excluding carboxylic acids is 1. The minimum Gasteiger partial charge on any atom is -0.493 e. The summed E-state index contributed by atoms with van der Waals surface area (Å²) in [6, 6.07) is 8.15. The fraction of sp³-hybridized carbons (Fsp3) is 0.464. The van der Waals surface area contributed by atoms with Crippen molar-refractivity contribution >= 4 is 12.0 Å². The van der Waals surface area contributed by atoms with Gasteiger partial charge in [-0.15, -0.1) is 0 Å². The third-order valence-corrected chi connectivity index (χ3v) is 4.80. The van der Waals surface area contributed by atoms with Gasteiger partial charge in [-0.05, 0) is 38.8 Å². The molecule has 0 N–H and O–H groups in total. The van der Waals surface area contributed by atoms with Gasteiger partial charge in [0.1, 0.15) is 5.75 Å². The molecule has 0 bridgehead atoms. The summed E-state index contributed by atoms with van der Waals surface area (Å²) in [6.07, 6.45) is 20.5. The van der Waals surface area contributed by atoms with Crippen molar-refractivity contribution in [2.24, 2.45) is 0 Å². The molecule has 1 aromatic carbocycles. The van der Waals surface area contributed by atoms with Crippen LogP contribution in [0.4, 0.5) is 0 Å². The SMILES string of the molecule is CCCCCCCCCOc1ccccc1/C=C/C(C)=C/C=C/C(C)=C\C(=O)OCC. The number of ether oxygens (including phenoxy) is 2. The fourth-order valence-electron chi connectivity index (χ4n) is 3.04. The van der Waals surface area contributed by atoms with Gasteiger partial charge in [0.05, 0.1) is 13.2 Å². The first-order valence-corrected chi connectivity index (χ1v) is 11.7. The lowest BCUT2D eigenvalue weighted by molar-refractivity contribution is -0.137. The quantitative estimate of drug-likeness (QED) is 0.124. The third-order valence-electron chi connectivity index (χ3n) is 4.80. The molecule has 0 aromatic heterocycles. The second-order valence-corrected chi connectivity index (χ2v) is 7.75. The number of carbonyl (C=O) groups is 1. The van der Waals surface area contributed by atoms with E-state index >= 15 is 0 Å². The summed E-state index contributed by atoms with van der Waals surface area (Å²) < 4.78 is 10.9. The number of rotatable bonds is 15.